The van der Waals surface area contributed by atoms with E-state index in [1.807, 2.05) is 208 Å². The van der Waals surface area contributed by atoms with E-state index in [-0.39, 0.29) is 35.8 Å². The molecule has 3 aliphatic heterocycles. The van der Waals surface area contributed by atoms with Crippen LogP contribution in [0, 0.1) is 24.7 Å². The van der Waals surface area contributed by atoms with Crippen molar-refractivity contribution in [2.24, 2.45) is 0 Å². The van der Waals surface area contributed by atoms with Crippen LogP contribution in [-0.2, 0) is 14.4 Å². The number of carbonyl (C=O) groups is 3. The van der Waals surface area contributed by atoms with E-state index < -0.39 is 0 Å². The van der Waals surface area contributed by atoms with Crippen LogP contribution in [0.25, 0.3) is 66.9 Å². The molecule has 25 nitrogen and oxygen atoms in total. The lowest BCUT2D eigenvalue weighted by molar-refractivity contribution is -0.125. The van der Waals surface area contributed by atoms with Crippen molar-refractivity contribution in [2.45, 2.75) is 37.4 Å². The zero-order chi connectivity index (χ0) is 69.2. The van der Waals surface area contributed by atoms with E-state index in [2.05, 4.69) is 41.7 Å². The fourth-order valence-electron chi connectivity index (χ4n) is 12.3. The van der Waals surface area contributed by atoms with Crippen LogP contribution < -0.4 is 31.4 Å². The highest BCUT2D eigenvalue weighted by Gasteiger charge is 2.34. The number of terminal acetylenes is 2. The van der Waals surface area contributed by atoms with Crippen LogP contribution in [0.4, 0.5) is 17.5 Å². The number of nitrogens with zero attached hydrogens (tertiary/aromatic N) is 16. The Morgan fingerprint density at radius 3 is 1.06 bits per heavy atom. The molecular formula is C75H69N19O6. The molecule has 25 heteroatoms. The highest BCUT2D eigenvalue weighted by molar-refractivity contribution is 6.01. The highest BCUT2D eigenvalue weighted by atomic mass is 16.5. The number of amides is 3. The molecule has 0 saturated carbocycles. The van der Waals surface area contributed by atoms with E-state index in [1.54, 1.807) is 15.9 Å². The number of fused-ring (bicyclic) bond motifs is 3. The molecule has 6 N–H and O–H groups in total. The molecule has 9 heterocycles. The maximum atomic E-state index is 12.6. The molecule has 3 atom stereocenters. The third-order valence-corrected chi connectivity index (χ3v) is 17.3. The second kappa shape index (κ2) is 29.6. The largest absolute Gasteiger partial charge is 0.457 e. The Morgan fingerprint density at radius 2 is 0.750 bits per heavy atom. The monoisotopic (exact) mass is 1330 g/mol. The average molecular weight is 1330 g/mol. The van der Waals surface area contributed by atoms with Gasteiger partial charge in [0.15, 0.2) is 16.9 Å². The number of rotatable bonds is 15. The third-order valence-electron chi connectivity index (χ3n) is 17.3. The summed E-state index contributed by atoms with van der Waals surface area (Å²) in [5.41, 5.74) is 25.4. The van der Waals surface area contributed by atoms with Gasteiger partial charge in [0.1, 0.15) is 88.0 Å². The molecule has 3 aliphatic rings. The molecule has 6 aromatic carbocycles. The van der Waals surface area contributed by atoms with Gasteiger partial charge in [-0.25, -0.2) is 43.9 Å². The van der Waals surface area contributed by atoms with Crippen LogP contribution in [0.1, 0.15) is 37.4 Å². The van der Waals surface area contributed by atoms with Gasteiger partial charge < -0.3 is 51.0 Å². The quantitative estimate of drug-likeness (QED) is 0.0635. The molecule has 0 spiro atoms. The number of para-hydroxylation sites is 3. The molecule has 6 aromatic heterocycles. The summed E-state index contributed by atoms with van der Waals surface area (Å²) in [6.45, 7) is 4.07. The van der Waals surface area contributed by atoms with E-state index in [0.717, 1.165) is 65.5 Å². The molecule has 500 valence electrons. The third kappa shape index (κ3) is 14.4. The number of likely N-dealkylation sites (N-methyl/N-ethyl adjacent to an activating group) is 1. The molecule has 3 amide bonds. The van der Waals surface area contributed by atoms with Crippen molar-refractivity contribution >= 4 is 68.3 Å². The summed E-state index contributed by atoms with van der Waals surface area (Å²) in [6, 6.07) is 51.7. The number of aromatic nitrogens is 12. The average Bonchev–Trinajstić information content (AvgIpc) is 1.62. The second-order valence-corrected chi connectivity index (χ2v) is 24.1. The zero-order valence-corrected chi connectivity index (χ0v) is 54.8. The summed E-state index contributed by atoms with van der Waals surface area (Å²) in [6.07, 6.45) is 20.6. The smallest absolute Gasteiger partial charge is 0.298 e. The van der Waals surface area contributed by atoms with Crippen LogP contribution >= 0.6 is 0 Å². The van der Waals surface area contributed by atoms with Crippen molar-refractivity contribution in [2.75, 3.05) is 77.1 Å². The number of benzene rings is 6. The lowest BCUT2D eigenvalue weighted by atomic mass is 10.1. The number of likely N-dealkylation sites (tertiary alicyclic amines) is 3. The molecule has 3 unspecified atom stereocenters. The molecule has 15 rings (SSSR count). The van der Waals surface area contributed by atoms with Crippen molar-refractivity contribution in [3.63, 3.8) is 0 Å². The molecule has 100 heavy (non-hydrogen) atoms. The topological polar surface area (TPSA) is 301 Å². The van der Waals surface area contributed by atoms with Gasteiger partial charge in [0.05, 0.1) is 34.3 Å². The Kier molecular flexibility index (Phi) is 19.4. The first-order valence-corrected chi connectivity index (χ1v) is 32.3. The summed E-state index contributed by atoms with van der Waals surface area (Å²) in [5, 5.41) is 16.7. The standard InChI is InChI=1S/C27H29N7O2.2C24H20N6O2/c1-32(2)15-6-9-23(35)33-16-14-20(17-33)34-27-24(26(28)29-18-30-27)25(31-34)19-10-12-22(13-11-19)36-21-7-4-3-5-8-21;2*1-2-20(31)29-13-12-17(14-29)30-24-21(23(25)26-15-27-24)22(28-30)16-8-10-19(11-9-16)32-18-6-4-3-5-7-18/h3-13,18,20H,14-17H2,1-2H3,(H2,28,29,30);2*1,3-11,15,17H,12-14H2,(H2,25,26,27)/b9-6+;;. The summed E-state index contributed by atoms with van der Waals surface area (Å²) in [7, 11) is 3.94. The van der Waals surface area contributed by atoms with Crippen LogP contribution in [0.2, 0.25) is 0 Å². The van der Waals surface area contributed by atoms with Crippen molar-refractivity contribution in [1.82, 2.24) is 78.8 Å². The first-order valence-electron chi connectivity index (χ1n) is 32.3. The Balaban J connectivity index is 0.000000135. The Morgan fingerprint density at radius 1 is 0.450 bits per heavy atom. The van der Waals surface area contributed by atoms with Gasteiger partial charge in [0.25, 0.3) is 11.8 Å². The number of carbonyl (C=O) groups excluding carboxylic acids is 3. The van der Waals surface area contributed by atoms with Crippen LogP contribution in [0.3, 0.4) is 0 Å². The SMILES string of the molecule is C#CC(=O)N1CCC(n2nc(-c3ccc(Oc4ccccc4)cc3)c3c(N)ncnc32)C1.C#CC(=O)N1CCC(n2nc(-c3ccc(Oc4ccccc4)cc3)c3c(N)ncnc32)C1.CN(C)C/C=C/C(=O)N1CCC(n2nc(-c3ccc(Oc4ccccc4)cc3)c3c(N)ncnc32)C1. The maximum absolute atomic E-state index is 12.6. The molecule has 3 fully saturated rings. The summed E-state index contributed by atoms with van der Waals surface area (Å²) in [4.78, 5) is 69.5. The molecule has 12 aromatic rings. The molecule has 0 radical (unpaired) electrons. The van der Waals surface area contributed by atoms with Gasteiger partial charge in [-0.1, -0.05) is 60.7 Å². The Labute approximate surface area is 575 Å². The number of ether oxygens (including phenoxy) is 3. The fourth-order valence-corrected chi connectivity index (χ4v) is 12.3. The van der Waals surface area contributed by atoms with Gasteiger partial charge in [-0.15, -0.1) is 12.8 Å². The Hall–Kier alpha value is -13.0. The van der Waals surface area contributed by atoms with Gasteiger partial charge in [-0.05, 0) is 154 Å². The summed E-state index contributed by atoms with van der Waals surface area (Å²) >= 11 is 0. The van der Waals surface area contributed by atoms with Crippen LogP contribution in [0.5, 0.6) is 34.5 Å². The second-order valence-electron chi connectivity index (χ2n) is 24.1. The van der Waals surface area contributed by atoms with E-state index in [0.29, 0.717) is 118 Å². The fraction of sp³-hybridized carbons (Fsp3) is 0.200. The lowest BCUT2D eigenvalue weighted by Gasteiger charge is -2.15. The lowest BCUT2D eigenvalue weighted by Crippen LogP contribution is -2.28. The normalized spacial score (nSPS) is 15.7. The molecule has 3 saturated heterocycles. The number of nitrogens with two attached hydrogens (primary N) is 3. The van der Waals surface area contributed by atoms with Crippen LogP contribution in [-0.4, -0.2) is 156 Å². The predicted octanol–water partition coefficient (Wildman–Crippen LogP) is 10.3. The summed E-state index contributed by atoms with van der Waals surface area (Å²) < 4.78 is 23.3. The number of hydrogen-bond donors (Lipinski definition) is 3. The van der Waals surface area contributed by atoms with E-state index in [9.17, 15) is 14.4 Å². The van der Waals surface area contributed by atoms with Crippen molar-refractivity contribution in [3.05, 3.63) is 195 Å². The Bertz CT molecular complexity index is 4820. The van der Waals surface area contributed by atoms with E-state index in [1.165, 1.54) is 19.0 Å². The van der Waals surface area contributed by atoms with Gasteiger partial charge in [-0.2, -0.15) is 15.3 Å². The van der Waals surface area contributed by atoms with Gasteiger partial charge in [0.2, 0.25) is 5.91 Å². The molecule has 0 bridgehead atoms. The van der Waals surface area contributed by atoms with Gasteiger partial charge in [0, 0.05) is 68.6 Å². The molecule has 0 aliphatic carbocycles. The first kappa shape index (κ1) is 65.7. The van der Waals surface area contributed by atoms with E-state index >= 15 is 0 Å². The van der Waals surface area contributed by atoms with E-state index in [4.69, 9.17) is 59.6 Å². The van der Waals surface area contributed by atoms with Crippen molar-refractivity contribution < 1.29 is 28.6 Å². The minimum absolute atomic E-state index is 0.00226. The highest BCUT2D eigenvalue weighted by Crippen LogP contribution is 2.39. The van der Waals surface area contributed by atoms with Gasteiger partial charge >= 0.3 is 0 Å². The number of hydrogen-bond acceptors (Lipinski definition) is 19. The molecular weight excluding hydrogens is 1260 g/mol. The first-order chi connectivity index (χ1) is 48.8. The van der Waals surface area contributed by atoms with Crippen LogP contribution in [0.15, 0.2) is 195 Å². The number of nitrogen functional groups attached to an aromatic ring is 3. The number of anilines is 3. The van der Waals surface area contributed by atoms with Crippen molar-refractivity contribution in [1.29, 1.82) is 0 Å². The van der Waals surface area contributed by atoms with Gasteiger partial charge in [-0.3, -0.25) is 14.4 Å². The predicted molar refractivity (Wildman–Crippen MR) is 381 cm³/mol. The zero-order valence-electron chi connectivity index (χ0n) is 54.8. The van der Waals surface area contributed by atoms with Crippen molar-refractivity contribution in [3.8, 4) is 93.0 Å². The minimum Gasteiger partial charge on any atom is -0.457 e. The minimum atomic E-state index is -0.313. The summed E-state index contributed by atoms with van der Waals surface area (Å²) in [5.74, 6) is 9.29. The maximum Gasteiger partial charge on any atom is 0.298 e.